The summed E-state index contributed by atoms with van der Waals surface area (Å²) in [6.07, 6.45) is 0. The van der Waals surface area contributed by atoms with Gasteiger partial charge >= 0.3 is 0 Å². The summed E-state index contributed by atoms with van der Waals surface area (Å²) in [6, 6.07) is 36.5. The monoisotopic (exact) mass is 508 g/mol. The third-order valence-electron chi connectivity index (χ3n) is 6.67. The molecule has 186 valence electrons. The number of carbonyl (C=O) groups excluding carboxylic acids is 2. The van der Waals surface area contributed by atoms with Crippen molar-refractivity contribution in [2.24, 2.45) is 0 Å². The van der Waals surface area contributed by atoms with Gasteiger partial charge in [0, 0.05) is 19.3 Å². The molecule has 2 unspecified atom stereocenters. The Hall–Kier alpha value is -4.03. The number of β-lactam (4-membered cyclic amide) rings is 1. The Morgan fingerprint density at radius 2 is 1.43 bits per heavy atom. The van der Waals surface area contributed by atoms with Gasteiger partial charge in [-0.05, 0) is 52.7 Å². The van der Waals surface area contributed by atoms with E-state index in [9.17, 15) is 9.59 Å². The van der Waals surface area contributed by atoms with Crippen LogP contribution in [0, 0.1) is 0 Å². The highest BCUT2D eigenvalue weighted by Gasteiger charge is 2.64. The fourth-order valence-corrected chi connectivity index (χ4v) is 6.11. The average molecular weight is 509 g/mol. The van der Waals surface area contributed by atoms with E-state index >= 15 is 0 Å². The molecule has 1 aliphatic heterocycles. The summed E-state index contributed by atoms with van der Waals surface area (Å²) in [5.74, 6) is 0.620. The van der Waals surface area contributed by atoms with E-state index in [-0.39, 0.29) is 11.1 Å². The first kappa shape index (κ1) is 24.7. The number of rotatable bonds is 7. The van der Waals surface area contributed by atoms with Crippen molar-refractivity contribution in [1.82, 2.24) is 4.90 Å². The number of carbonyl (C=O) groups is 2. The summed E-state index contributed by atoms with van der Waals surface area (Å²) < 4.78 is 4.26. The van der Waals surface area contributed by atoms with Crippen LogP contribution in [0.5, 0.6) is 5.75 Å². The molecule has 0 aliphatic carbocycles. The van der Waals surface area contributed by atoms with Crippen LogP contribution in [0.25, 0.3) is 0 Å². The topological polar surface area (TPSA) is 49.9 Å². The Balaban J connectivity index is 1.58. The van der Waals surface area contributed by atoms with Crippen molar-refractivity contribution in [2.75, 3.05) is 19.1 Å². The van der Waals surface area contributed by atoms with E-state index in [2.05, 4.69) is 0 Å². The smallest absolute Gasteiger partial charge is 0.283 e. The highest BCUT2D eigenvalue weighted by molar-refractivity contribution is 8.15. The normalized spacial score (nSPS) is 18.7. The van der Waals surface area contributed by atoms with E-state index in [1.165, 1.54) is 0 Å². The molecule has 0 spiro atoms. The van der Waals surface area contributed by atoms with Crippen molar-refractivity contribution in [3.05, 3.63) is 132 Å². The predicted octanol–water partition coefficient (Wildman–Crippen LogP) is 6.66. The summed E-state index contributed by atoms with van der Waals surface area (Å²) in [4.78, 5) is 31.4. The van der Waals surface area contributed by atoms with Crippen molar-refractivity contribution in [1.29, 1.82) is 0 Å². The lowest BCUT2D eigenvalue weighted by molar-refractivity contribution is -0.128. The van der Waals surface area contributed by atoms with Crippen LogP contribution in [0.3, 0.4) is 0 Å². The summed E-state index contributed by atoms with van der Waals surface area (Å²) in [7, 11) is 3.41. The Bertz CT molecular complexity index is 1360. The molecule has 1 fully saturated rings. The zero-order valence-corrected chi connectivity index (χ0v) is 21.6. The lowest BCUT2D eigenvalue weighted by atomic mass is 9.76. The predicted molar refractivity (Wildman–Crippen MR) is 149 cm³/mol. The summed E-state index contributed by atoms with van der Waals surface area (Å²) in [5.41, 5.74) is 3.56. The molecule has 1 saturated heterocycles. The Morgan fingerprint density at radius 1 is 0.865 bits per heavy atom. The zero-order valence-electron chi connectivity index (χ0n) is 20.8. The Morgan fingerprint density at radius 3 is 2.03 bits per heavy atom. The number of nitrogens with zero attached hydrogens (tertiary/aromatic N) is 2. The van der Waals surface area contributed by atoms with Crippen LogP contribution in [-0.4, -0.2) is 30.2 Å². The number of methoxy groups -OCH3 is 1. The third-order valence-corrected chi connectivity index (χ3v) is 8.11. The van der Waals surface area contributed by atoms with Gasteiger partial charge in [-0.3, -0.25) is 9.59 Å². The zero-order chi connectivity index (χ0) is 25.8. The first-order valence-electron chi connectivity index (χ1n) is 12.1. The van der Waals surface area contributed by atoms with Gasteiger partial charge in [0.1, 0.15) is 5.75 Å². The SMILES string of the molecule is COc1ccc(C2N(c3ccccc3)C(=O)C2(SC(=O)N(C)Cc2ccccc2)c2ccccc2)cc1. The maximum atomic E-state index is 14.2. The van der Waals surface area contributed by atoms with Crippen LogP contribution in [0.15, 0.2) is 115 Å². The molecular weight excluding hydrogens is 480 g/mol. The maximum absolute atomic E-state index is 14.2. The Kier molecular flexibility index (Phi) is 7.01. The molecule has 5 rings (SSSR count). The molecule has 0 radical (unpaired) electrons. The molecule has 2 atom stereocenters. The van der Waals surface area contributed by atoms with Gasteiger partial charge in [0.25, 0.3) is 11.1 Å². The van der Waals surface area contributed by atoms with Gasteiger partial charge in [0.05, 0.1) is 13.2 Å². The van der Waals surface area contributed by atoms with E-state index in [1.807, 2.05) is 115 Å². The van der Waals surface area contributed by atoms with Gasteiger partial charge in [0.2, 0.25) is 0 Å². The van der Waals surface area contributed by atoms with E-state index in [1.54, 1.807) is 24.0 Å². The van der Waals surface area contributed by atoms with E-state index in [0.717, 1.165) is 39.9 Å². The minimum Gasteiger partial charge on any atom is -0.497 e. The number of amides is 2. The van der Waals surface area contributed by atoms with Gasteiger partial charge in [-0.25, -0.2) is 0 Å². The quantitative estimate of drug-likeness (QED) is 0.262. The third kappa shape index (κ3) is 4.60. The molecule has 1 heterocycles. The number of hydrogen-bond donors (Lipinski definition) is 0. The average Bonchev–Trinajstić information content (AvgIpc) is 2.95. The number of para-hydroxylation sites is 1. The van der Waals surface area contributed by atoms with Crippen LogP contribution in [0.2, 0.25) is 0 Å². The molecule has 37 heavy (non-hydrogen) atoms. The number of ether oxygens (including phenoxy) is 1. The van der Waals surface area contributed by atoms with Gasteiger partial charge in [-0.15, -0.1) is 0 Å². The molecule has 0 aromatic heterocycles. The van der Waals surface area contributed by atoms with Crippen LogP contribution >= 0.6 is 11.8 Å². The number of hydrogen-bond acceptors (Lipinski definition) is 4. The standard InChI is InChI=1S/C31H28N2O3S/c1-32(22-23-12-6-3-7-13-23)30(35)37-31(25-14-8-4-9-15-25)28(24-18-20-27(36-2)21-19-24)33(29(31)34)26-16-10-5-11-17-26/h3-21,28H,22H2,1-2H3. The van der Waals surface area contributed by atoms with E-state index in [4.69, 9.17) is 4.74 Å². The highest BCUT2D eigenvalue weighted by atomic mass is 32.2. The van der Waals surface area contributed by atoms with Gasteiger partial charge in [-0.2, -0.15) is 0 Å². The second-order valence-electron chi connectivity index (χ2n) is 9.00. The van der Waals surface area contributed by atoms with Crippen LogP contribution < -0.4 is 9.64 Å². The minimum atomic E-state index is -1.12. The summed E-state index contributed by atoms with van der Waals surface area (Å²) in [6.45, 7) is 0.460. The number of anilines is 1. The molecule has 5 nitrogen and oxygen atoms in total. The van der Waals surface area contributed by atoms with Crippen molar-refractivity contribution < 1.29 is 14.3 Å². The fraction of sp³-hybridized carbons (Fsp3) is 0.161. The van der Waals surface area contributed by atoms with Gasteiger partial charge < -0.3 is 14.5 Å². The summed E-state index contributed by atoms with van der Waals surface area (Å²) in [5, 5.41) is -0.160. The molecule has 0 saturated carbocycles. The number of thioether (sulfide) groups is 1. The van der Waals surface area contributed by atoms with E-state index < -0.39 is 10.8 Å². The highest BCUT2D eigenvalue weighted by Crippen LogP contribution is 2.60. The molecule has 0 bridgehead atoms. The van der Waals surface area contributed by atoms with Crippen LogP contribution in [0.4, 0.5) is 10.5 Å². The molecule has 4 aromatic carbocycles. The maximum Gasteiger partial charge on any atom is 0.283 e. The van der Waals surface area contributed by atoms with Crippen molar-refractivity contribution in [3.8, 4) is 5.75 Å². The van der Waals surface area contributed by atoms with Gasteiger partial charge in [-0.1, -0.05) is 91.0 Å². The largest absolute Gasteiger partial charge is 0.497 e. The molecule has 1 aliphatic rings. The van der Waals surface area contributed by atoms with Crippen LogP contribution in [0.1, 0.15) is 22.7 Å². The molecule has 2 amide bonds. The van der Waals surface area contributed by atoms with E-state index in [0.29, 0.717) is 6.54 Å². The summed E-state index contributed by atoms with van der Waals surface area (Å²) >= 11 is 1.10. The van der Waals surface area contributed by atoms with Crippen LogP contribution in [-0.2, 0) is 16.1 Å². The molecule has 6 heteroatoms. The van der Waals surface area contributed by atoms with Crippen molar-refractivity contribution >= 4 is 28.6 Å². The molecule has 4 aromatic rings. The lowest BCUT2D eigenvalue weighted by Crippen LogP contribution is -2.65. The Labute approximate surface area is 221 Å². The first-order valence-corrected chi connectivity index (χ1v) is 12.9. The van der Waals surface area contributed by atoms with Crippen molar-refractivity contribution in [2.45, 2.75) is 17.3 Å². The first-order chi connectivity index (χ1) is 18.0. The van der Waals surface area contributed by atoms with Crippen molar-refractivity contribution in [3.63, 3.8) is 0 Å². The van der Waals surface area contributed by atoms with Gasteiger partial charge in [0.15, 0.2) is 4.75 Å². The lowest BCUT2D eigenvalue weighted by Gasteiger charge is -2.55. The molecular formula is C31H28N2O3S. The second-order valence-corrected chi connectivity index (χ2v) is 10.2. The fourth-order valence-electron chi connectivity index (χ4n) is 4.82. The minimum absolute atomic E-state index is 0.114. The molecule has 0 N–H and O–H groups in total. The number of benzene rings is 4. The second kappa shape index (κ2) is 10.5.